The van der Waals surface area contributed by atoms with Crippen molar-refractivity contribution in [3.63, 3.8) is 0 Å². The number of thiazole rings is 1. The van der Waals surface area contributed by atoms with Crippen LogP contribution in [0.3, 0.4) is 0 Å². The zero-order chi connectivity index (χ0) is 15.3. The zero-order valence-corrected chi connectivity index (χ0v) is 12.5. The molecule has 0 fully saturated rings. The zero-order valence-electron chi connectivity index (χ0n) is 11.7. The average molecular weight is 314 g/mol. The van der Waals surface area contributed by atoms with Crippen LogP contribution < -0.4 is 5.32 Å². The predicted octanol–water partition coefficient (Wildman–Crippen LogP) is 4.25. The number of halogens is 3. The normalized spacial score (nSPS) is 11.8. The number of hydrogen-bond donors (Lipinski definition) is 1. The van der Waals surface area contributed by atoms with E-state index in [0.29, 0.717) is 12.0 Å². The molecule has 0 atom stereocenters. The van der Waals surface area contributed by atoms with E-state index < -0.39 is 11.7 Å². The third-order valence-electron chi connectivity index (χ3n) is 2.94. The van der Waals surface area contributed by atoms with Crippen molar-refractivity contribution < 1.29 is 13.2 Å². The number of nitrogens with one attached hydrogen (secondary N) is 1. The van der Waals surface area contributed by atoms with Crippen LogP contribution in [0, 0.1) is 0 Å². The first kappa shape index (κ1) is 16.0. The molecule has 0 aliphatic carbocycles. The summed E-state index contributed by atoms with van der Waals surface area (Å²) in [5, 5.41) is 4.11. The van der Waals surface area contributed by atoms with Gasteiger partial charge in [0.25, 0.3) is 0 Å². The van der Waals surface area contributed by atoms with Crippen LogP contribution >= 0.6 is 11.3 Å². The van der Waals surface area contributed by atoms with Crippen LogP contribution in [0.4, 0.5) is 13.2 Å². The molecule has 0 aliphatic heterocycles. The molecule has 1 aromatic heterocycles. The van der Waals surface area contributed by atoms with E-state index in [1.807, 2.05) is 0 Å². The Morgan fingerprint density at radius 2 is 2.10 bits per heavy atom. The van der Waals surface area contributed by atoms with E-state index in [1.54, 1.807) is 12.3 Å². The highest BCUT2D eigenvalue weighted by Gasteiger charge is 2.30. The van der Waals surface area contributed by atoms with Gasteiger partial charge in [0, 0.05) is 24.0 Å². The van der Waals surface area contributed by atoms with Crippen LogP contribution in [0.15, 0.2) is 30.5 Å². The third kappa shape index (κ3) is 4.82. The summed E-state index contributed by atoms with van der Waals surface area (Å²) in [5.41, 5.74) is 0.0219. The van der Waals surface area contributed by atoms with Gasteiger partial charge < -0.3 is 5.32 Å². The minimum absolute atomic E-state index is 0.433. The maximum atomic E-state index is 12.7. The Morgan fingerprint density at radius 1 is 1.29 bits per heavy atom. The summed E-state index contributed by atoms with van der Waals surface area (Å²) in [6.45, 7) is 3.80. The Bertz CT molecular complexity index is 578. The van der Waals surface area contributed by atoms with Crippen molar-refractivity contribution in [2.75, 3.05) is 6.54 Å². The molecule has 2 aromatic rings. The van der Waals surface area contributed by atoms with Crippen molar-refractivity contribution in [2.45, 2.75) is 32.5 Å². The second-order valence-electron chi connectivity index (χ2n) is 4.77. The van der Waals surface area contributed by atoms with E-state index >= 15 is 0 Å². The van der Waals surface area contributed by atoms with Crippen LogP contribution in [0.5, 0.6) is 0 Å². The first-order valence-electron chi connectivity index (χ1n) is 6.79. The molecule has 0 saturated heterocycles. The first-order valence-corrected chi connectivity index (χ1v) is 7.61. The Hall–Kier alpha value is -1.40. The molecule has 0 saturated carbocycles. The van der Waals surface area contributed by atoms with Crippen LogP contribution in [-0.2, 0) is 19.1 Å². The van der Waals surface area contributed by atoms with Crippen molar-refractivity contribution in [1.29, 1.82) is 0 Å². The minimum Gasteiger partial charge on any atom is -0.312 e. The highest BCUT2D eigenvalue weighted by molar-refractivity contribution is 7.11. The molecule has 0 amide bonds. The van der Waals surface area contributed by atoms with E-state index in [2.05, 4.69) is 17.2 Å². The number of nitrogens with zero attached hydrogens (tertiary/aromatic N) is 1. The first-order chi connectivity index (χ1) is 9.99. The van der Waals surface area contributed by atoms with E-state index in [4.69, 9.17) is 0 Å². The summed E-state index contributed by atoms with van der Waals surface area (Å²) in [7, 11) is 0. The molecular weight excluding hydrogens is 297 g/mol. The third-order valence-corrected chi connectivity index (χ3v) is 3.93. The minimum atomic E-state index is -4.30. The van der Waals surface area contributed by atoms with Gasteiger partial charge >= 0.3 is 6.18 Å². The lowest BCUT2D eigenvalue weighted by atomic mass is 10.1. The van der Waals surface area contributed by atoms with Crippen molar-refractivity contribution in [2.24, 2.45) is 0 Å². The second kappa shape index (κ2) is 7.04. The van der Waals surface area contributed by atoms with E-state index in [9.17, 15) is 13.2 Å². The van der Waals surface area contributed by atoms with Gasteiger partial charge in [-0.25, -0.2) is 4.98 Å². The molecule has 0 unspecified atom stereocenters. The molecule has 0 aliphatic rings. The fraction of sp³-hybridized carbons (Fsp3) is 0.400. The van der Waals surface area contributed by atoms with Gasteiger partial charge in [0.15, 0.2) is 0 Å². The quantitative estimate of drug-likeness (QED) is 0.806. The van der Waals surface area contributed by atoms with E-state index in [1.165, 1.54) is 23.5 Å². The van der Waals surface area contributed by atoms with Gasteiger partial charge in [0.1, 0.15) is 0 Å². The number of alkyl halides is 3. The van der Waals surface area contributed by atoms with Gasteiger partial charge in [-0.15, -0.1) is 11.3 Å². The summed E-state index contributed by atoms with van der Waals surface area (Å²) in [6.07, 6.45) is -1.01. The molecule has 1 N–H and O–H groups in total. The molecule has 0 spiro atoms. The van der Waals surface area contributed by atoms with Gasteiger partial charge in [-0.2, -0.15) is 13.2 Å². The number of aromatic nitrogens is 1. The summed E-state index contributed by atoms with van der Waals surface area (Å²) in [5.74, 6) is 0. The Kier molecular flexibility index (Phi) is 5.36. The summed E-state index contributed by atoms with van der Waals surface area (Å²) in [4.78, 5) is 5.38. The van der Waals surface area contributed by atoms with E-state index in [0.717, 1.165) is 35.5 Å². The topological polar surface area (TPSA) is 24.9 Å². The summed E-state index contributed by atoms with van der Waals surface area (Å²) >= 11 is 1.54. The molecule has 0 bridgehead atoms. The lowest BCUT2D eigenvalue weighted by molar-refractivity contribution is -0.137. The maximum Gasteiger partial charge on any atom is 0.416 e. The molecule has 1 heterocycles. The number of benzene rings is 1. The van der Waals surface area contributed by atoms with Crippen LogP contribution in [0.25, 0.3) is 0 Å². The van der Waals surface area contributed by atoms with Crippen LogP contribution in [-0.4, -0.2) is 11.5 Å². The van der Waals surface area contributed by atoms with Crippen molar-refractivity contribution >= 4 is 11.3 Å². The van der Waals surface area contributed by atoms with Gasteiger partial charge in [-0.3, -0.25) is 0 Å². The van der Waals surface area contributed by atoms with Crippen LogP contribution in [0.2, 0.25) is 0 Å². The Labute approximate surface area is 126 Å². The second-order valence-corrected chi connectivity index (χ2v) is 5.97. The fourth-order valence-corrected chi connectivity index (χ4v) is 2.86. The number of hydrogen-bond acceptors (Lipinski definition) is 3. The lowest BCUT2D eigenvalue weighted by Crippen LogP contribution is -2.12. The molecular formula is C15H17F3N2S. The van der Waals surface area contributed by atoms with Gasteiger partial charge in [0.05, 0.1) is 10.6 Å². The Balaban J connectivity index is 2.02. The monoisotopic (exact) mass is 314 g/mol. The molecule has 2 rings (SSSR count). The lowest BCUT2D eigenvalue weighted by Gasteiger charge is -2.07. The maximum absolute atomic E-state index is 12.7. The largest absolute Gasteiger partial charge is 0.416 e. The van der Waals surface area contributed by atoms with Gasteiger partial charge in [-0.05, 0) is 24.6 Å². The molecule has 21 heavy (non-hydrogen) atoms. The standard InChI is InChI=1S/C15H17F3N2S/c1-2-6-19-9-13-10-20-14(21-13)8-11-4-3-5-12(7-11)15(16,17)18/h3-5,7,10,19H,2,6,8-9H2,1H3. The molecule has 6 heteroatoms. The van der Waals surface area contributed by atoms with E-state index in [-0.39, 0.29) is 0 Å². The number of rotatable bonds is 6. The van der Waals surface area contributed by atoms with Crippen molar-refractivity contribution in [3.8, 4) is 0 Å². The molecule has 1 aromatic carbocycles. The average Bonchev–Trinajstić information content (AvgIpc) is 2.86. The summed E-state index contributed by atoms with van der Waals surface area (Å²) < 4.78 is 38.0. The van der Waals surface area contributed by atoms with Crippen molar-refractivity contribution in [3.05, 3.63) is 51.5 Å². The van der Waals surface area contributed by atoms with Gasteiger partial charge in [-0.1, -0.05) is 25.1 Å². The Morgan fingerprint density at radius 3 is 2.81 bits per heavy atom. The molecule has 114 valence electrons. The SMILES string of the molecule is CCCNCc1cnc(Cc2cccc(C(F)(F)F)c2)s1. The smallest absolute Gasteiger partial charge is 0.312 e. The summed E-state index contributed by atoms with van der Waals surface area (Å²) in [6, 6.07) is 5.42. The van der Waals surface area contributed by atoms with Crippen LogP contribution in [0.1, 0.15) is 34.4 Å². The van der Waals surface area contributed by atoms with Gasteiger partial charge in [0.2, 0.25) is 0 Å². The highest BCUT2D eigenvalue weighted by Crippen LogP contribution is 2.30. The molecule has 0 radical (unpaired) electrons. The predicted molar refractivity (Wildman–Crippen MR) is 78.4 cm³/mol. The van der Waals surface area contributed by atoms with Crippen molar-refractivity contribution in [1.82, 2.24) is 10.3 Å². The highest BCUT2D eigenvalue weighted by atomic mass is 32.1. The fourth-order valence-electron chi connectivity index (χ4n) is 1.93. The molecule has 2 nitrogen and oxygen atoms in total.